The third-order valence-electron chi connectivity index (χ3n) is 4.72. The highest BCUT2D eigenvalue weighted by Crippen LogP contribution is 2.38. The van der Waals surface area contributed by atoms with E-state index in [1.165, 1.54) is 16.9 Å². The van der Waals surface area contributed by atoms with Crippen LogP contribution in [0, 0.1) is 0 Å². The predicted octanol–water partition coefficient (Wildman–Crippen LogP) is 5.27. The van der Waals surface area contributed by atoms with E-state index in [1.807, 2.05) is 48.7 Å². The van der Waals surface area contributed by atoms with E-state index in [-0.39, 0.29) is 5.92 Å². The van der Waals surface area contributed by atoms with E-state index < -0.39 is 5.91 Å². The van der Waals surface area contributed by atoms with Gasteiger partial charge in [0.1, 0.15) is 11.5 Å². The van der Waals surface area contributed by atoms with Gasteiger partial charge in [0.15, 0.2) is 5.13 Å². The van der Waals surface area contributed by atoms with Gasteiger partial charge < -0.3 is 11.1 Å². The van der Waals surface area contributed by atoms with Gasteiger partial charge in [-0.3, -0.25) is 9.78 Å². The third-order valence-corrected chi connectivity index (χ3v) is 6.84. The summed E-state index contributed by atoms with van der Waals surface area (Å²) in [5, 5.41) is 3.96. The lowest BCUT2D eigenvalue weighted by Gasteiger charge is -2.16. The van der Waals surface area contributed by atoms with Gasteiger partial charge in [0.05, 0.1) is 10.4 Å². The van der Waals surface area contributed by atoms with Crippen LogP contribution in [0.5, 0.6) is 0 Å². The van der Waals surface area contributed by atoms with E-state index in [0.29, 0.717) is 12.1 Å². The Kier molecular flexibility index (Phi) is 6.59. The van der Waals surface area contributed by atoms with E-state index in [0.717, 1.165) is 25.6 Å². The largest absolute Gasteiger partial charge is 0.364 e. The predicted molar refractivity (Wildman–Crippen MR) is 125 cm³/mol. The van der Waals surface area contributed by atoms with Gasteiger partial charge in [-0.15, -0.1) is 0 Å². The second-order valence-electron chi connectivity index (χ2n) is 6.94. The Morgan fingerprint density at radius 2 is 1.87 bits per heavy atom. The number of carbonyl (C=O) groups is 1. The fourth-order valence-corrected chi connectivity index (χ4v) is 5.19. The van der Waals surface area contributed by atoms with Crippen molar-refractivity contribution in [3.8, 4) is 0 Å². The molecule has 31 heavy (non-hydrogen) atoms. The zero-order valence-corrected chi connectivity index (χ0v) is 18.5. The highest BCUT2D eigenvalue weighted by atomic mass is 32.2. The molecule has 0 bridgehead atoms. The van der Waals surface area contributed by atoms with Gasteiger partial charge in [-0.1, -0.05) is 66.4 Å². The second-order valence-corrected chi connectivity index (χ2v) is 9.32. The van der Waals surface area contributed by atoms with Gasteiger partial charge in [-0.25, -0.2) is 9.97 Å². The molecular formula is C23H21N5OS2. The molecule has 3 N–H and O–H groups in total. The molecule has 0 saturated heterocycles. The number of primary amides is 1. The van der Waals surface area contributed by atoms with Crippen molar-refractivity contribution in [2.24, 2.45) is 5.73 Å². The van der Waals surface area contributed by atoms with E-state index in [9.17, 15) is 4.79 Å². The van der Waals surface area contributed by atoms with Gasteiger partial charge in [0, 0.05) is 17.3 Å². The lowest BCUT2D eigenvalue weighted by Crippen LogP contribution is -2.17. The lowest BCUT2D eigenvalue weighted by molar-refractivity contribution is 0.0994. The molecule has 0 saturated carbocycles. The number of pyridine rings is 2. The highest BCUT2D eigenvalue weighted by molar-refractivity contribution is 8.01. The Hall–Kier alpha value is -3.23. The Balaban J connectivity index is 1.58. The van der Waals surface area contributed by atoms with Crippen molar-refractivity contribution in [1.29, 1.82) is 0 Å². The summed E-state index contributed by atoms with van der Waals surface area (Å²) in [6.45, 7) is 2.14. The zero-order chi connectivity index (χ0) is 21.6. The minimum absolute atomic E-state index is 0.214. The Bertz CT molecular complexity index is 1170. The first-order valence-electron chi connectivity index (χ1n) is 9.74. The van der Waals surface area contributed by atoms with Gasteiger partial charge >= 0.3 is 0 Å². The number of nitrogens with zero attached hydrogens (tertiary/aromatic N) is 3. The number of nitrogens with two attached hydrogens (primary N) is 1. The molecule has 0 aliphatic carbocycles. The Morgan fingerprint density at radius 1 is 1.06 bits per heavy atom. The summed E-state index contributed by atoms with van der Waals surface area (Å²) in [4.78, 5) is 26.0. The van der Waals surface area contributed by atoms with Crippen LogP contribution in [0.2, 0.25) is 0 Å². The van der Waals surface area contributed by atoms with Crippen molar-refractivity contribution >= 4 is 40.0 Å². The minimum Gasteiger partial charge on any atom is -0.364 e. The van der Waals surface area contributed by atoms with Crippen LogP contribution in [0.4, 0.5) is 10.9 Å². The topological polar surface area (TPSA) is 93.8 Å². The summed E-state index contributed by atoms with van der Waals surface area (Å²) in [7, 11) is 0. The number of thiazole rings is 1. The molecule has 3 heterocycles. The molecule has 0 fully saturated rings. The van der Waals surface area contributed by atoms with Gasteiger partial charge in [-0.05, 0) is 41.7 Å². The normalized spacial score (nSPS) is 11.8. The first kappa shape index (κ1) is 21.0. The van der Waals surface area contributed by atoms with Crippen molar-refractivity contribution in [2.75, 3.05) is 5.32 Å². The number of amides is 1. The van der Waals surface area contributed by atoms with E-state index in [1.54, 1.807) is 24.2 Å². The van der Waals surface area contributed by atoms with Crippen LogP contribution in [-0.2, 0) is 6.42 Å². The standard InChI is InChI=1S/C23H21N5OS2/c1-15(16-7-3-2-4-8-16)13-17-18(10-12-26-21(17)22(24)29)30-20-14-27-23(31-20)28-19-9-5-6-11-25-19/h2-12,14-15H,13H2,1H3,(H2,24,29)(H,25,27,28). The third kappa shape index (κ3) is 5.28. The summed E-state index contributed by atoms with van der Waals surface area (Å²) in [6, 6.07) is 17.8. The van der Waals surface area contributed by atoms with Crippen molar-refractivity contribution < 1.29 is 4.79 Å². The Labute approximate surface area is 189 Å². The summed E-state index contributed by atoms with van der Waals surface area (Å²) < 4.78 is 0.994. The molecule has 156 valence electrons. The monoisotopic (exact) mass is 447 g/mol. The van der Waals surface area contributed by atoms with Crippen LogP contribution in [0.15, 0.2) is 82.3 Å². The lowest BCUT2D eigenvalue weighted by atomic mass is 9.93. The van der Waals surface area contributed by atoms with Crippen LogP contribution < -0.4 is 11.1 Å². The molecule has 4 rings (SSSR count). The molecule has 1 atom stereocenters. The summed E-state index contributed by atoms with van der Waals surface area (Å²) in [6.07, 6.45) is 5.84. The van der Waals surface area contributed by atoms with Crippen LogP contribution in [0.1, 0.15) is 34.5 Å². The molecule has 0 aliphatic rings. The smallest absolute Gasteiger partial charge is 0.267 e. The first-order valence-corrected chi connectivity index (χ1v) is 11.4. The molecular weight excluding hydrogens is 426 g/mol. The first-order chi connectivity index (χ1) is 15.1. The van der Waals surface area contributed by atoms with Crippen LogP contribution in [0.25, 0.3) is 0 Å². The highest BCUT2D eigenvalue weighted by Gasteiger charge is 2.19. The second kappa shape index (κ2) is 9.72. The molecule has 1 amide bonds. The average molecular weight is 448 g/mol. The molecule has 3 aromatic heterocycles. The fraction of sp³-hybridized carbons (Fsp3) is 0.130. The number of hydrogen-bond donors (Lipinski definition) is 2. The maximum Gasteiger partial charge on any atom is 0.267 e. The maximum absolute atomic E-state index is 12.1. The molecule has 0 radical (unpaired) electrons. The molecule has 1 aromatic carbocycles. The van der Waals surface area contributed by atoms with Crippen LogP contribution >= 0.6 is 23.1 Å². The number of aromatic nitrogens is 3. The number of hydrogen-bond acceptors (Lipinski definition) is 7. The van der Waals surface area contributed by atoms with Crippen molar-refractivity contribution in [2.45, 2.75) is 28.4 Å². The summed E-state index contributed by atoms with van der Waals surface area (Å²) >= 11 is 3.09. The maximum atomic E-state index is 12.1. The minimum atomic E-state index is -0.514. The SMILES string of the molecule is CC(Cc1c(Sc2cnc(Nc3ccccn3)s2)ccnc1C(N)=O)c1ccccc1. The van der Waals surface area contributed by atoms with E-state index >= 15 is 0 Å². The van der Waals surface area contributed by atoms with Gasteiger partial charge in [0.2, 0.25) is 0 Å². The summed E-state index contributed by atoms with van der Waals surface area (Å²) in [5.41, 5.74) is 8.04. The number of rotatable bonds is 8. The molecule has 4 aromatic rings. The number of benzene rings is 1. The Morgan fingerprint density at radius 3 is 2.61 bits per heavy atom. The van der Waals surface area contributed by atoms with E-state index in [2.05, 4.69) is 39.3 Å². The average Bonchev–Trinajstić information content (AvgIpc) is 3.22. The quantitative estimate of drug-likeness (QED) is 0.382. The molecule has 0 aliphatic heterocycles. The number of nitrogens with one attached hydrogen (secondary N) is 1. The number of carbonyl (C=O) groups excluding carboxylic acids is 1. The van der Waals surface area contributed by atoms with E-state index in [4.69, 9.17) is 5.73 Å². The van der Waals surface area contributed by atoms with Gasteiger partial charge in [0.25, 0.3) is 5.91 Å². The molecule has 6 nitrogen and oxygen atoms in total. The van der Waals surface area contributed by atoms with Crippen molar-refractivity contribution in [3.05, 3.63) is 90.0 Å². The molecule has 8 heteroatoms. The van der Waals surface area contributed by atoms with Gasteiger partial charge in [-0.2, -0.15) is 0 Å². The van der Waals surface area contributed by atoms with Crippen molar-refractivity contribution in [3.63, 3.8) is 0 Å². The van der Waals surface area contributed by atoms with Crippen LogP contribution in [0.3, 0.4) is 0 Å². The fourth-order valence-electron chi connectivity index (χ4n) is 3.20. The van der Waals surface area contributed by atoms with Crippen LogP contribution in [-0.4, -0.2) is 20.9 Å². The molecule has 1 unspecified atom stereocenters. The zero-order valence-electron chi connectivity index (χ0n) is 16.9. The molecule has 0 spiro atoms. The number of anilines is 2. The summed E-state index contributed by atoms with van der Waals surface area (Å²) in [5.74, 6) is 0.441. The van der Waals surface area contributed by atoms with Crippen molar-refractivity contribution in [1.82, 2.24) is 15.0 Å².